The van der Waals surface area contributed by atoms with Crippen LogP contribution in [0.3, 0.4) is 0 Å². The van der Waals surface area contributed by atoms with Crippen LogP contribution < -0.4 is 19.5 Å². The first-order chi connectivity index (χ1) is 11.1. The highest BCUT2D eigenvalue weighted by molar-refractivity contribution is 5.52. The molecule has 0 aliphatic carbocycles. The summed E-state index contributed by atoms with van der Waals surface area (Å²) in [5.41, 5.74) is 1.13. The molecule has 1 saturated heterocycles. The van der Waals surface area contributed by atoms with Crippen LogP contribution in [0.5, 0.6) is 17.2 Å². The summed E-state index contributed by atoms with van der Waals surface area (Å²) in [6, 6.07) is 4.19. The van der Waals surface area contributed by atoms with Crippen LogP contribution >= 0.6 is 0 Å². The zero-order valence-electron chi connectivity index (χ0n) is 15.0. The Morgan fingerprint density at radius 1 is 1.00 bits per heavy atom. The molecule has 1 N–H and O–H groups in total. The van der Waals surface area contributed by atoms with Crippen molar-refractivity contribution in [3.63, 3.8) is 0 Å². The molecule has 0 spiro atoms. The fraction of sp³-hybridized carbons (Fsp3) is 0.667. The van der Waals surface area contributed by atoms with Crippen LogP contribution in [0.25, 0.3) is 0 Å². The predicted molar refractivity (Wildman–Crippen MR) is 92.7 cm³/mol. The molecule has 23 heavy (non-hydrogen) atoms. The van der Waals surface area contributed by atoms with E-state index in [2.05, 4.69) is 24.1 Å². The zero-order valence-corrected chi connectivity index (χ0v) is 15.0. The molecular weight excluding hydrogens is 292 g/mol. The summed E-state index contributed by atoms with van der Waals surface area (Å²) < 4.78 is 16.7. The third-order valence-corrected chi connectivity index (χ3v) is 4.37. The zero-order chi connectivity index (χ0) is 16.8. The van der Waals surface area contributed by atoms with E-state index in [1.54, 1.807) is 21.3 Å². The minimum atomic E-state index is 0.285. The van der Waals surface area contributed by atoms with Crippen LogP contribution in [0.4, 0.5) is 0 Å². The fourth-order valence-corrected chi connectivity index (χ4v) is 3.25. The van der Waals surface area contributed by atoms with Gasteiger partial charge in [-0.2, -0.15) is 0 Å². The van der Waals surface area contributed by atoms with Gasteiger partial charge in [0.05, 0.1) is 26.9 Å². The number of hydrogen-bond donors (Lipinski definition) is 1. The molecule has 0 aromatic heterocycles. The highest BCUT2D eigenvalue weighted by Crippen LogP contribution is 2.43. The largest absolute Gasteiger partial charge is 0.496 e. The van der Waals surface area contributed by atoms with E-state index in [1.165, 1.54) is 0 Å². The molecule has 0 saturated carbocycles. The summed E-state index contributed by atoms with van der Waals surface area (Å²) >= 11 is 0. The maximum atomic E-state index is 5.68. The summed E-state index contributed by atoms with van der Waals surface area (Å²) in [5, 5.41) is 3.43. The van der Waals surface area contributed by atoms with Gasteiger partial charge < -0.3 is 19.5 Å². The molecule has 2 rings (SSSR count). The summed E-state index contributed by atoms with van der Waals surface area (Å²) in [6.07, 6.45) is 1.07. The topological polar surface area (TPSA) is 43.0 Å². The van der Waals surface area contributed by atoms with E-state index in [4.69, 9.17) is 14.2 Å². The number of hydrogen-bond acceptors (Lipinski definition) is 5. The van der Waals surface area contributed by atoms with Crippen LogP contribution in [0.2, 0.25) is 0 Å². The van der Waals surface area contributed by atoms with Gasteiger partial charge in [-0.25, -0.2) is 0 Å². The number of nitrogens with one attached hydrogen (secondary N) is 1. The van der Waals surface area contributed by atoms with Crippen LogP contribution in [0.1, 0.15) is 31.9 Å². The maximum absolute atomic E-state index is 5.68. The summed E-state index contributed by atoms with van der Waals surface area (Å²) in [7, 11) is 5.08. The first kappa shape index (κ1) is 17.9. The van der Waals surface area contributed by atoms with E-state index in [0.717, 1.165) is 55.4 Å². The molecule has 1 atom stereocenters. The van der Waals surface area contributed by atoms with E-state index in [0.29, 0.717) is 5.92 Å². The molecule has 1 aliphatic heterocycles. The Labute approximate surface area is 139 Å². The molecule has 130 valence electrons. The minimum absolute atomic E-state index is 0.285. The van der Waals surface area contributed by atoms with Crippen molar-refractivity contribution in [3.05, 3.63) is 17.7 Å². The van der Waals surface area contributed by atoms with Gasteiger partial charge >= 0.3 is 0 Å². The van der Waals surface area contributed by atoms with Gasteiger partial charge in [0, 0.05) is 44.4 Å². The third kappa shape index (κ3) is 4.30. The molecule has 1 fully saturated rings. The maximum Gasteiger partial charge on any atom is 0.131 e. The first-order valence-corrected chi connectivity index (χ1v) is 8.35. The quantitative estimate of drug-likeness (QED) is 0.836. The third-order valence-electron chi connectivity index (χ3n) is 4.37. The Balaban J connectivity index is 2.46. The smallest absolute Gasteiger partial charge is 0.131 e. The number of piperazine rings is 1. The van der Waals surface area contributed by atoms with Crippen LogP contribution in [0.15, 0.2) is 12.1 Å². The molecule has 0 unspecified atom stereocenters. The highest BCUT2D eigenvalue weighted by Gasteiger charge is 2.29. The molecule has 5 heteroatoms. The van der Waals surface area contributed by atoms with Gasteiger partial charge in [-0.05, 0) is 12.3 Å². The van der Waals surface area contributed by atoms with E-state index >= 15 is 0 Å². The molecule has 1 aromatic rings. The number of rotatable bonds is 7. The van der Waals surface area contributed by atoms with Crippen molar-refractivity contribution in [2.24, 2.45) is 5.92 Å². The molecule has 1 heterocycles. The van der Waals surface area contributed by atoms with Gasteiger partial charge in [-0.3, -0.25) is 4.90 Å². The Kier molecular flexibility index (Phi) is 6.54. The van der Waals surface area contributed by atoms with Gasteiger partial charge in [-0.15, -0.1) is 0 Å². The molecule has 1 aliphatic rings. The standard InChI is InChI=1S/C18H30N2O3/c1-13(2)10-15(20-8-6-19-7-9-20)18-16(22-4)11-14(21-3)12-17(18)23-5/h11-13,15,19H,6-10H2,1-5H3/t15-/m1/s1. The normalized spacial score (nSPS) is 17.1. The molecule has 0 amide bonds. The van der Waals surface area contributed by atoms with Gasteiger partial charge in [0.2, 0.25) is 0 Å². The summed E-state index contributed by atoms with van der Waals surface area (Å²) in [5.74, 6) is 3.02. The van der Waals surface area contributed by atoms with Crippen molar-refractivity contribution in [1.82, 2.24) is 10.2 Å². The lowest BCUT2D eigenvalue weighted by molar-refractivity contribution is 0.148. The monoisotopic (exact) mass is 322 g/mol. The Hall–Kier alpha value is -1.46. The molecule has 5 nitrogen and oxygen atoms in total. The van der Waals surface area contributed by atoms with Crippen molar-refractivity contribution in [3.8, 4) is 17.2 Å². The average molecular weight is 322 g/mol. The van der Waals surface area contributed by atoms with Gasteiger partial charge in [0.1, 0.15) is 17.2 Å². The second kappa shape index (κ2) is 8.41. The van der Waals surface area contributed by atoms with E-state index < -0.39 is 0 Å². The summed E-state index contributed by atoms with van der Waals surface area (Å²) in [4.78, 5) is 2.53. The minimum Gasteiger partial charge on any atom is -0.496 e. The number of methoxy groups -OCH3 is 3. The predicted octanol–water partition coefficient (Wildman–Crippen LogP) is 2.70. The number of benzene rings is 1. The Bertz CT molecular complexity index is 474. The fourth-order valence-electron chi connectivity index (χ4n) is 3.25. The van der Waals surface area contributed by atoms with E-state index in [9.17, 15) is 0 Å². The first-order valence-electron chi connectivity index (χ1n) is 8.35. The van der Waals surface area contributed by atoms with Crippen molar-refractivity contribution < 1.29 is 14.2 Å². The molecular formula is C18H30N2O3. The van der Waals surface area contributed by atoms with Crippen LogP contribution in [-0.4, -0.2) is 52.4 Å². The van der Waals surface area contributed by atoms with Crippen molar-refractivity contribution in [2.45, 2.75) is 26.3 Å². The Morgan fingerprint density at radius 3 is 2.00 bits per heavy atom. The lowest BCUT2D eigenvalue weighted by Crippen LogP contribution is -2.45. The van der Waals surface area contributed by atoms with Crippen molar-refractivity contribution in [2.75, 3.05) is 47.5 Å². The van der Waals surface area contributed by atoms with Gasteiger partial charge in [0.15, 0.2) is 0 Å². The van der Waals surface area contributed by atoms with E-state index in [1.807, 2.05) is 12.1 Å². The highest BCUT2D eigenvalue weighted by atomic mass is 16.5. The van der Waals surface area contributed by atoms with Crippen LogP contribution in [-0.2, 0) is 0 Å². The Morgan fingerprint density at radius 2 is 1.57 bits per heavy atom. The van der Waals surface area contributed by atoms with Crippen molar-refractivity contribution >= 4 is 0 Å². The lowest BCUT2D eigenvalue weighted by Gasteiger charge is -2.37. The van der Waals surface area contributed by atoms with E-state index in [-0.39, 0.29) is 6.04 Å². The average Bonchev–Trinajstić information content (AvgIpc) is 2.59. The number of nitrogens with zero attached hydrogens (tertiary/aromatic N) is 1. The van der Waals surface area contributed by atoms with Crippen molar-refractivity contribution in [1.29, 1.82) is 0 Å². The summed E-state index contributed by atoms with van der Waals surface area (Å²) in [6.45, 7) is 8.64. The lowest BCUT2D eigenvalue weighted by atomic mass is 9.93. The molecule has 0 radical (unpaired) electrons. The molecule has 0 bridgehead atoms. The van der Waals surface area contributed by atoms with Crippen LogP contribution in [0, 0.1) is 5.92 Å². The number of ether oxygens (including phenoxy) is 3. The molecule has 1 aromatic carbocycles. The van der Waals surface area contributed by atoms with Gasteiger partial charge in [-0.1, -0.05) is 13.8 Å². The van der Waals surface area contributed by atoms with Gasteiger partial charge in [0.25, 0.3) is 0 Å². The second-order valence-corrected chi connectivity index (χ2v) is 6.38. The second-order valence-electron chi connectivity index (χ2n) is 6.38. The SMILES string of the molecule is COc1cc(OC)c([C@@H](CC(C)C)N2CCNCC2)c(OC)c1.